The van der Waals surface area contributed by atoms with E-state index in [1.165, 1.54) is 0 Å². The lowest BCUT2D eigenvalue weighted by Gasteiger charge is -2.30. The van der Waals surface area contributed by atoms with Crippen LogP contribution in [0.3, 0.4) is 0 Å². The number of nitrogens with two attached hydrogens (primary N) is 1. The summed E-state index contributed by atoms with van der Waals surface area (Å²) >= 11 is 0. The number of amides is 2. The lowest BCUT2D eigenvalue weighted by atomic mass is 10.1. The smallest absolute Gasteiger partial charge is 0.314 e. The fraction of sp³-hybridized carbons (Fsp3) is 0.750. The van der Waals surface area contributed by atoms with Crippen LogP contribution in [0.2, 0.25) is 0 Å². The molecular weight excluding hydrogens is 210 g/mol. The molecule has 0 unspecified atom stereocenters. The van der Waals surface area contributed by atoms with E-state index in [4.69, 9.17) is 5.73 Å². The Labute approximate surface area is 92.6 Å². The van der Waals surface area contributed by atoms with Crippen molar-refractivity contribution < 1.29 is 4.79 Å². The molecule has 0 atom stereocenters. The highest BCUT2D eigenvalue weighted by Crippen LogP contribution is 2.09. The molecule has 1 aliphatic rings. The summed E-state index contributed by atoms with van der Waals surface area (Å²) < 4.78 is 0. The number of primary amides is 1. The maximum atomic E-state index is 10.9. The van der Waals surface area contributed by atoms with Gasteiger partial charge in [0.2, 0.25) is 0 Å². The SMILES string of the molecule is NC(=O)N1CCC(NCc2nn[nH]n2)CC1. The summed E-state index contributed by atoms with van der Waals surface area (Å²) in [5.41, 5.74) is 5.20. The largest absolute Gasteiger partial charge is 0.351 e. The molecule has 8 heteroatoms. The van der Waals surface area contributed by atoms with E-state index in [-0.39, 0.29) is 6.03 Å². The summed E-state index contributed by atoms with van der Waals surface area (Å²) in [4.78, 5) is 12.6. The molecule has 1 aromatic heterocycles. The number of H-pyrrole nitrogens is 1. The van der Waals surface area contributed by atoms with Gasteiger partial charge in [-0.1, -0.05) is 5.21 Å². The van der Waals surface area contributed by atoms with Crippen LogP contribution in [0.1, 0.15) is 18.7 Å². The number of carbonyl (C=O) groups is 1. The number of nitrogens with one attached hydrogen (secondary N) is 2. The highest BCUT2D eigenvalue weighted by molar-refractivity contribution is 5.72. The number of rotatable bonds is 3. The Morgan fingerprint density at radius 2 is 2.31 bits per heavy atom. The lowest BCUT2D eigenvalue weighted by Crippen LogP contribution is -2.46. The maximum absolute atomic E-state index is 10.9. The number of hydrogen-bond acceptors (Lipinski definition) is 5. The minimum absolute atomic E-state index is 0.336. The standard InChI is InChI=1S/C8H15N7O/c9-8(16)15-3-1-6(2-4-15)10-5-7-11-13-14-12-7/h6,10H,1-5H2,(H2,9,16)(H,11,12,13,14). The van der Waals surface area contributed by atoms with Gasteiger partial charge >= 0.3 is 6.03 Å². The van der Waals surface area contributed by atoms with E-state index in [1.807, 2.05) is 0 Å². The molecule has 0 radical (unpaired) electrons. The highest BCUT2D eigenvalue weighted by atomic mass is 16.2. The van der Waals surface area contributed by atoms with E-state index >= 15 is 0 Å². The average Bonchev–Trinajstić information content (AvgIpc) is 2.80. The zero-order valence-corrected chi connectivity index (χ0v) is 8.89. The molecule has 0 aromatic carbocycles. The number of hydrogen-bond donors (Lipinski definition) is 3. The summed E-state index contributed by atoms with van der Waals surface area (Å²) in [6.07, 6.45) is 1.81. The predicted molar refractivity (Wildman–Crippen MR) is 55.2 cm³/mol. The number of likely N-dealkylation sites (tertiary alicyclic amines) is 1. The molecule has 1 aromatic rings. The van der Waals surface area contributed by atoms with Crippen molar-refractivity contribution in [2.45, 2.75) is 25.4 Å². The second kappa shape index (κ2) is 4.88. The lowest BCUT2D eigenvalue weighted by molar-refractivity contribution is 0.185. The second-order valence-corrected chi connectivity index (χ2v) is 3.81. The van der Waals surface area contributed by atoms with Crippen LogP contribution in [0, 0.1) is 0 Å². The second-order valence-electron chi connectivity index (χ2n) is 3.81. The topological polar surface area (TPSA) is 113 Å². The zero-order chi connectivity index (χ0) is 11.4. The normalized spacial score (nSPS) is 17.6. The van der Waals surface area contributed by atoms with E-state index in [2.05, 4.69) is 25.9 Å². The minimum Gasteiger partial charge on any atom is -0.351 e. The van der Waals surface area contributed by atoms with Crippen LogP contribution in [0.5, 0.6) is 0 Å². The van der Waals surface area contributed by atoms with Crippen LogP contribution in [-0.4, -0.2) is 50.7 Å². The molecule has 4 N–H and O–H groups in total. The van der Waals surface area contributed by atoms with Gasteiger partial charge in [0.05, 0.1) is 6.54 Å². The molecule has 2 amide bonds. The molecule has 16 heavy (non-hydrogen) atoms. The van der Waals surface area contributed by atoms with Gasteiger partial charge in [-0.05, 0) is 12.8 Å². The van der Waals surface area contributed by atoms with Gasteiger partial charge in [-0.25, -0.2) is 4.79 Å². The molecule has 0 bridgehead atoms. The molecule has 1 aliphatic heterocycles. The molecule has 8 nitrogen and oxygen atoms in total. The number of tetrazole rings is 1. The molecule has 88 valence electrons. The first kappa shape index (κ1) is 10.8. The number of urea groups is 1. The summed E-state index contributed by atoms with van der Waals surface area (Å²) in [5, 5.41) is 16.9. The molecule has 2 rings (SSSR count). The summed E-state index contributed by atoms with van der Waals surface area (Å²) in [6, 6.07) is 0.0470. The first-order chi connectivity index (χ1) is 7.75. The van der Waals surface area contributed by atoms with E-state index in [1.54, 1.807) is 4.90 Å². The van der Waals surface area contributed by atoms with Crippen molar-refractivity contribution in [2.75, 3.05) is 13.1 Å². The van der Waals surface area contributed by atoms with E-state index in [0.717, 1.165) is 12.8 Å². The molecule has 1 saturated heterocycles. The Morgan fingerprint density at radius 3 is 2.88 bits per heavy atom. The average molecular weight is 225 g/mol. The van der Waals surface area contributed by atoms with Gasteiger partial charge in [0.1, 0.15) is 0 Å². The van der Waals surface area contributed by atoms with Gasteiger partial charge in [-0.15, -0.1) is 10.2 Å². The van der Waals surface area contributed by atoms with Crippen LogP contribution < -0.4 is 11.1 Å². The number of aromatic nitrogens is 4. The van der Waals surface area contributed by atoms with E-state index < -0.39 is 0 Å². The maximum Gasteiger partial charge on any atom is 0.314 e. The van der Waals surface area contributed by atoms with Crippen molar-refractivity contribution in [1.29, 1.82) is 0 Å². The first-order valence-electron chi connectivity index (χ1n) is 5.26. The van der Waals surface area contributed by atoms with Crippen molar-refractivity contribution >= 4 is 6.03 Å². The third kappa shape index (κ3) is 2.66. The monoisotopic (exact) mass is 225 g/mol. The Hall–Kier alpha value is -1.70. The van der Waals surface area contributed by atoms with Crippen LogP contribution in [-0.2, 0) is 6.54 Å². The van der Waals surface area contributed by atoms with Crippen molar-refractivity contribution in [3.05, 3.63) is 5.82 Å². The van der Waals surface area contributed by atoms with Gasteiger partial charge in [0.15, 0.2) is 5.82 Å². The molecule has 2 heterocycles. The number of piperidine rings is 1. The Bertz CT molecular complexity index is 330. The Balaban J connectivity index is 1.71. The fourth-order valence-corrected chi connectivity index (χ4v) is 1.80. The third-order valence-corrected chi connectivity index (χ3v) is 2.74. The number of nitrogens with zero attached hydrogens (tertiary/aromatic N) is 4. The minimum atomic E-state index is -0.336. The van der Waals surface area contributed by atoms with Crippen LogP contribution in [0.4, 0.5) is 4.79 Å². The van der Waals surface area contributed by atoms with Crippen molar-refractivity contribution in [3.63, 3.8) is 0 Å². The quantitative estimate of drug-likeness (QED) is 0.600. The van der Waals surface area contributed by atoms with Gasteiger partial charge in [0, 0.05) is 19.1 Å². The van der Waals surface area contributed by atoms with Gasteiger partial charge in [0.25, 0.3) is 0 Å². The van der Waals surface area contributed by atoms with Crippen LogP contribution in [0.15, 0.2) is 0 Å². The Morgan fingerprint density at radius 1 is 1.56 bits per heavy atom. The molecular formula is C8H15N7O. The Kier molecular flexibility index (Phi) is 3.30. The van der Waals surface area contributed by atoms with Crippen LogP contribution in [0.25, 0.3) is 0 Å². The molecule has 1 fully saturated rings. The van der Waals surface area contributed by atoms with Crippen molar-refractivity contribution in [1.82, 2.24) is 30.8 Å². The first-order valence-corrected chi connectivity index (χ1v) is 5.26. The van der Waals surface area contributed by atoms with E-state index in [9.17, 15) is 4.79 Å². The summed E-state index contributed by atoms with van der Waals surface area (Å²) in [6.45, 7) is 2.01. The molecule has 0 spiro atoms. The highest BCUT2D eigenvalue weighted by Gasteiger charge is 2.20. The number of aromatic amines is 1. The molecule has 0 saturated carbocycles. The van der Waals surface area contributed by atoms with Crippen molar-refractivity contribution in [3.8, 4) is 0 Å². The van der Waals surface area contributed by atoms with Gasteiger partial charge in [-0.3, -0.25) is 0 Å². The van der Waals surface area contributed by atoms with Gasteiger partial charge < -0.3 is 16.0 Å². The number of carbonyl (C=O) groups excluding carboxylic acids is 1. The molecule has 0 aliphatic carbocycles. The summed E-state index contributed by atoms with van der Waals surface area (Å²) in [5.74, 6) is 0.650. The van der Waals surface area contributed by atoms with Crippen molar-refractivity contribution in [2.24, 2.45) is 5.73 Å². The van der Waals surface area contributed by atoms with Crippen LogP contribution >= 0.6 is 0 Å². The summed E-state index contributed by atoms with van der Waals surface area (Å²) in [7, 11) is 0. The third-order valence-electron chi connectivity index (χ3n) is 2.74. The zero-order valence-electron chi connectivity index (χ0n) is 8.89. The van der Waals surface area contributed by atoms with Gasteiger partial charge in [-0.2, -0.15) is 5.21 Å². The fourth-order valence-electron chi connectivity index (χ4n) is 1.80. The predicted octanol–water partition coefficient (Wildman–Crippen LogP) is -1.17. The van der Waals surface area contributed by atoms with E-state index in [0.29, 0.717) is 31.5 Å².